The van der Waals surface area contributed by atoms with E-state index in [0.717, 1.165) is 16.1 Å². The average Bonchev–Trinajstić information content (AvgIpc) is 3.01. The number of nitrogens with one attached hydrogen (secondary N) is 3. The van der Waals surface area contributed by atoms with Crippen molar-refractivity contribution in [1.29, 1.82) is 0 Å². The Hall–Kier alpha value is -5.02. The number of carbonyl (C=O) groups excluding carboxylic acids is 3. The SMILES string of the molecule is COc1ccc(OC)c(/C=C(\NC(=O)c2ccccc2)C(=O)Nc2ccc(SCC(=O)Nc3ccc(C)cc3)cc2)c1. The van der Waals surface area contributed by atoms with E-state index in [2.05, 4.69) is 16.0 Å². The number of aryl methyl sites for hydroxylation is 1. The molecule has 0 aliphatic heterocycles. The molecule has 0 fully saturated rings. The van der Waals surface area contributed by atoms with E-state index >= 15 is 0 Å². The molecule has 4 aromatic rings. The first kappa shape index (κ1) is 30.0. The topological polar surface area (TPSA) is 106 Å². The average molecular weight is 582 g/mol. The maximum atomic E-state index is 13.4. The fraction of sp³-hybridized carbons (Fsp3) is 0.121. The number of anilines is 2. The molecule has 0 aliphatic rings. The van der Waals surface area contributed by atoms with Crippen molar-refractivity contribution in [3.8, 4) is 11.5 Å². The van der Waals surface area contributed by atoms with Gasteiger partial charge in [0.2, 0.25) is 5.91 Å². The lowest BCUT2D eigenvalue weighted by molar-refractivity contribution is -0.114. The van der Waals surface area contributed by atoms with Crippen LogP contribution in [0.4, 0.5) is 11.4 Å². The van der Waals surface area contributed by atoms with E-state index in [9.17, 15) is 14.4 Å². The Morgan fingerprint density at radius 2 is 1.45 bits per heavy atom. The van der Waals surface area contributed by atoms with Crippen LogP contribution in [-0.2, 0) is 9.59 Å². The maximum Gasteiger partial charge on any atom is 0.272 e. The summed E-state index contributed by atoms with van der Waals surface area (Å²) in [5, 5.41) is 8.43. The van der Waals surface area contributed by atoms with Gasteiger partial charge >= 0.3 is 0 Å². The molecule has 4 aromatic carbocycles. The van der Waals surface area contributed by atoms with Crippen molar-refractivity contribution < 1.29 is 23.9 Å². The smallest absolute Gasteiger partial charge is 0.272 e. The zero-order chi connectivity index (χ0) is 29.9. The van der Waals surface area contributed by atoms with E-state index in [1.54, 1.807) is 67.8 Å². The van der Waals surface area contributed by atoms with Crippen molar-refractivity contribution in [1.82, 2.24) is 5.32 Å². The standard InChI is InChI=1S/C33H31N3O5S/c1-22-9-11-25(12-10-22)34-31(37)21-42-28-16-13-26(14-17-28)35-33(39)29(36-32(38)23-7-5-4-6-8-23)20-24-19-27(40-2)15-18-30(24)41-3/h4-20H,21H2,1-3H3,(H,34,37)(H,35,39)(H,36,38)/b29-20-. The van der Waals surface area contributed by atoms with Crippen LogP contribution in [-0.4, -0.2) is 37.7 Å². The van der Waals surface area contributed by atoms with Crippen molar-refractivity contribution in [3.63, 3.8) is 0 Å². The maximum absolute atomic E-state index is 13.4. The summed E-state index contributed by atoms with van der Waals surface area (Å²) >= 11 is 1.38. The molecular weight excluding hydrogens is 550 g/mol. The molecule has 0 unspecified atom stereocenters. The van der Waals surface area contributed by atoms with Crippen molar-refractivity contribution in [3.05, 3.63) is 119 Å². The highest BCUT2D eigenvalue weighted by Gasteiger charge is 2.17. The summed E-state index contributed by atoms with van der Waals surface area (Å²) in [6, 6.07) is 28.5. The Kier molecular flexibility index (Phi) is 10.4. The van der Waals surface area contributed by atoms with Gasteiger partial charge < -0.3 is 25.4 Å². The lowest BCUT2D eigenvalue weighted by Gasteiger charge is -2.13. The van der Waals surface area contributed by atoms with Crippen molar-refractivity contribution in [2.45, 2.75) is 11.8 Å². The van der Waals surface area contributed by atoms with Gasteiger partial charge in [-0.2, -0.15) is 0 Å². The van der Waals surface area contributed by atoms with Crippen LogP contribution in [0.3, 0.4) is 0 Å². The summed E-state index contributed by atoms with van der Waals surface area (Å²) in [6.45, 7) is 1.99. The Balaban J connectivity index is 1.46. The minimum Gasteiger partial charge on any atom is -0.497 e. The van der Waals surface area contributed by atoms with Gasteiger partial charge in [-0.3, -0.25) is 14.4 Å². The van der Waals surface area contributed by atoms with Gasteiger partial charge in [0.25, 0.3) is 11.8 Å². The van der Waals surface area contributed by atoms with Crippen LogP contribution in [0, 0.1) is 6.92 Å². The molecule has 0 spiro atoms. The molecule has 9 heteroatoms. The van der Waals surface area contributed by atoms with Gasteiger partial charge in [-0.25, -0.2) is 0 Å². The molecule has 0 heterocycles. The van der Waals surface area contributed by atoms with Crippen LogP contribution in [0.5, 0.6) is 11.5 Å². The largest absolute Gasteiger partial charge is 0.497 e. The van der Waals surface area contributed by atoms with E-state index in [-0.39, 0.29) is 17.4 Å². The molecule has 0 aromatic heterocycles. The number of thioether (sulfide) groups is 1. The number of benzene rings is 4. The van der Waals surface area contributed by atoms with Crippen molar-refractivity contribution in [2.24, 2.45) is 0 Å². The van der Waals surface area contributed by atoms with Crippen LogP contribution in [0.1, 0.15) is 21.5 Å². The molecule has 3 N–H and O–H groups in total. The van der Waals surface area contributed by atoms with Gasteiger partial charge in [0, 0.05) is 27.4 Å². The number of rotatable bonds is 11. The van der Waals surface area contributed by atoms with Crippen LogP contribution in [0.15, 0.2) is 108 Å². The summed E-state index contributed by atoms with van der Waals surface area (Å²) in [5.41, 5.74) is 3.36. The first-order valence-electron chi connectivity index (χ1n) is 13.1. The molecule has 0 atom stereocenters. The monoisotopic (exact) mass is 581 g/mol. The number of ether oxygens (including phenoxy) is 2. The van der Waals surface area contributed by atoms with Crippen LogP contribution in [0.25, 0.3) is 6.08 Å². The summed E-state index contributed by atoms with van der Waals surface area (Å²) in [4.78, 5) is 39.6. The summed E-state index contributed by atoms with van der Waals surface area (Å²) in [6.07, 6.45) is 1.54. The molecular formula is C33H31N3O5S. The minimum atomic E-state index is -0.526. The lowest BCUT2D eigenvalue weighted by atomic mass is 10.1. The minimum absolute atomic E-state index is 0.0154. The van der Waals surface area contributed by atoms with Gasteiger partial charge in [-0.15, -0.1) is 11.8 Å². The molecule has 0 bridgehead atoms. The fourth-order valence-electron chi connectivity index (χ4n) is 3.87. The number of carbonyl (C=O) groups is 3. The molecule has 0 aliphatic carbocycles. The van der Waals surface area contributed by atoms with E-state index in [4.69, 9.17) is 9.47 Å². The van der Waals surface area contributed by atoms with E-state index in [1.165, 1.54) is 24.9 Å². The van der Waals surface area contributed by atoms with Crippen LogP contribution < -0.4 is 25.4 Å². The predicted octanol–water partition coefficient (Wildman–Crippen LogP) is 6.15. The number of hydrogen-bond acceptors (Lipinski definition) is 6. The summed E-state index contributed by atoms with van der Waals surface area (Å²) in [5.74, 6) is 0.231. The van der Waals surface area contributed by atoms with Crippen LogP contribution >= 0.6 is 11.8 Å². The van der Waals surface area contributed by atoms with E-state index in [0.29, 0.717) is 28.3 Å². The second-order valence-electron chi connectivity index (χ2n) is 9.17. The number of amides is 3. The lowest BCUT2D eigenvalue weighted by Crippen LogP contribution is -2.30. The highest BCUT2D eigenvalue weighted by atomic mass is 32.2. The van der Waals surface area contributed by atoms with Gasteiger partial charge in [0.15, 0.2) is 0 Å². The third-order valence-electron chi connectivity index (χ3n) is 6.08. The Morgan fingerprint density at radius 1 is 0.786 bits per heavy atom. The van der Waals surface area contributed by atoms with E-state index in [1.807, 2.05) is 43.3 Å². The fourth-order valence-corrected chi connectivity index (χ4v) is 4.56. The first-order chi connectivity index (χ1) is 20.3. The van der Waals surface area contributed by atoms with Gasteiger partial charge in [-0.05, 0) is 79.7 Å². The van der Waals surface area contributed by atoms with Gasteiger partial charge in [-0.1, -0.05) is 35.9 Å². The molecule has 214 valence electrons. The highest BCUT2D eigenvalue weighted by Crippen LogP contribution is 2.27. The molecule has 3 amide bonds. The Morgan fingerprint density at radius 3 is 2.12 bits per heavy atom. The van der Waals surface area contributed by atoms with Gasteiger partial charge in [0.05, 0.1) is 20.0 Å². The first-order valence-corrected chi connectivity index (χ1v) is 14.0. The van der Waals surface area contributed by atoms with Crippen molar-refractivity contribution in [2.75, 3.05) is 30.6 Å². The molecule has 4 rings (SSSR count). The van der Waals surface area contributed by atoms with Crippen molar-refractivity contribution >= 4 is 46.9 Å². The second kappa shape index (κ2) is 14.6. The van der Waals surface area contributed by atoms with Crippen LogP contribution in [0.2, 0.25) is 0 Å². The summed E-state index contributed by atoms with van der Waals surface area (Å²) in [7, 11) is 3.06. The quantitative estimate of drug-likeness (QED) is 0.145. The third kappa shape index (κ3) is 8.49. The highest BCUT2D eigenvalue weighted by molar-refractivity contribution is 8.00. The normalized spacial score (nSPS) is 10.9. The predicted molar refractivity (Wildman–Crippen MR) is 167 cm³/mol. The molecule has 0 saturated carbocycles. The zero-order valence-electron chi connectivity index (χ0n) is 23.5. The second-order valence-corrected chi connectivity index (χ2v) is 10.2. The summed E-state index contributed by atoms with van der Waals surface area (Å²) < 4.78 is 10.8. The number of methoxy groups -OCH3 is 2. The third-order valence-corrected chi connectivity index (χ3v) is 7.09. The molecule has 0 radical (unpaired) electrons. The molecule has 42 heavy (non-hydrogen) atoms. The van der Waals surface area contributed by atoms with Gasteiger partial charge in [0.1, 0.15) is 17.2 Å². The molecule has 0 saturated heterocycles. The molecule has 8 nitrogen and oxygen atoms in total. The number of hydrogen-bond donors (Lipinski definition) is 3. The Labute approximate surface area is 249 Å². The van der Waals surface area contributed by atoms with E-state index < -0.39 is 11.8 Å². The Bertz CT molecular complexity index is 1570. The zero-order valence-corrected chi connectivity index (χ0v) is 24.3.